The van der Waals surface area contributed by atoms with Gasteiger partial charge in [0.25, 0.3) is 0 Å². The summed E-state index contributed by atoms with van der Waals surface area (Å²) in [5.41, 5.74) is 4.89. The summed E-state index contributed by atoms with van der Waals surface area (Å²) >= 11 is 0. The number of rotatable bonds is 2. The van der Waals surface area contributed by atoms with Crippen LogP contribution in [0, 0.1) is 0 Å². The molecule has 0 radical (unpaired) electrons. The molecule has 98 valence electrons. The second-order valence-electron chi connectivity index (χ2n) is 4.67. The van der Waals surface area contributed by atoms with Crippen LogP contribution in [0.5, 0.6) is 11.5 Å². The van der Waals surface area contributed by atoms with Crippen molar-refractivity contribution >= 4 is 11.4 Å². The molecule has 1 heterocycles. The first-order valence-electron chi connectivity index (χ1n) is 6.41. The number of hydrogen-bond donors (Lipinski definition) is 1. The maximum atomic E-state index is 5.29. The Morgan fingerprint density at radius 1 is 0.789 bits per heavy atom. The third-order valence-corrected chi connectivity index (χ3v) is 3.56. The smallest absolute Gasteiger partial charge is 0.119 e. The summed E-state index contributed by atoms with van der Waals surface area (Å²) in [5, 5.41) is 3.49. The predicted molar refractivity (Wildman–Crippen MR) is 76.7 cm³/mol. The van der Waals surface area contributed by atoms with Crippen LogP contribution in [0.4, 0.5) is 11.4 Å². The number of nitrogens with one attached hydrogen (secondary N) is 1. The summed E-state index contributed by atoms with van der Waals surface area (Å²) in [6, 6.07) is 12.3. The van der Waals surface area contributed by atoms with Crippen molar-refractivity contribution in [2.24, 2.45) is 0 Å². The summed E-state index contributed by atoms with van der Waals surface area (Å²) in [7, 11) is 3.40. The summed E-state index contributed by atoms with van der Waals surface area (Å²) in [5.74, 6) is 1.81. The van der Waals surface area contributed by atoms with E-state index in [9.17, 15) is 0 Å². The number of hydrogen-bond acceptors (Lipinski definition) is 3. The second kappa shape index (κ2) is 4.84. The Balaban J connectivity index is 1.99. The number of anilines is 2. The Morgan fingerprint density at radius 2 is 1.26 bits per heavy atom. The highest BCUT2D eigenvalue weighted by Crippen LogP contribution is 2.33. The first-order chi connectivity index (χ1) is 9.30. The molecule has 1 aliphatic heterocycles. The van der Waals surface area contributed by atoms with Crippen molar-refractivity contribution in [2.45, 2.75) is 12.8 Å². The van der Waals surface area contributed by atoms with Gasteiger partial charge in [-0.3, -0.25) is 0 Å². The molecule has 2 aromatic carbocycles. The molecule has 3 nitrogen and oxygen atoms in total. The molecule has 2 aromatic rings. The van der Waals surface area contributed by atoms with Gasteiger partial charge in [0, 0.05) is 11.4 Å². The lowest BCUT2D eigenvalue weighted by Gasteiger charge is -2.11. The van der Waals surface area contributed by atoms with E-state index in [1.807, 2.05) is 12.1 Å². The van der Waals surface area contributed by atoms with Crippen LogP contribution in [0.3, 0.4) is 0 Å². The molecule has 3 rings (SSSR count). The lowest BCUT2D eigenvalue weighted by Crippen LogP contribution is -1.94. The third kappa shape index (κ3) is 2.24. The number of aryl methyl sites for hydroxylation is 2. The Labute approximate surface area is 113 Å². The lowest BCUT2D eigenvalue weighted by molar-refractivity contribution is 0.414. The van der Waals surface area contributed by atoms with Gasteiger partial charge in [-0.25, -0.2) is 0 Å². The molecular weight excluding hydrogens is 238 g/mol. The first-order valence-corrected chi connectivity index (χ1v) is 6.41. The van der Waals surface area contributed by atoms with Crippen molar-refractivity contribution in [1.82, 2.24) is 0 Å². The highest BCUT2D eigenvalue weighted by molar-refractivity contribution is 5.69. The van der Waals surface area contributed by atoms with Crippen LogP contribution in [0.1, 0.15) is 11.1 Å². The normalized spacial score (nSPS) is 12.7. The molecule has 0 bridgehead atoms. The van der Waals surface area contributed by atoms with E-state index in [2.05, 4.69) is 29.6 Å². The molecule has 0 aromatic heterocycles. The van der Waals surface area contributed by atoms with Gasteiger partial charge in [0.15, 0.2) is 0 Å². The number of ether oxygens (including phenoxy) is 2. The van der Waals surface area contributed by atoms with E-state index in [0.717, 1.165) is 35.7 Å². The van der Waals surface area contributed by atoms with Crippen molar-refractivity contribution in [1.29, 1.82) is 0 Å². The van der Waals surface area contributed by atoms with E-state index >= 15 is 0 Å². The fourth-order valence-electron chi connectivity index (χ4n) is 2.47. The van der Waals surface area contributed by atoms with E-state index in [1.165, 1.54) is 11.1 Å². The van der Waals surface area contributed by atoms with E-state index in [4.69, 9.17) is 9.47 Å². The quantitative estimate of drug-likeness (QED) is 0.890. The molecule has 3 heteroatoms. The molecule has 0 aliphatic carbocycles. The van der Waals surface area contributed by atoms with Gasteiger partial charge in [0.1, 0.15) is 11.5 Å². The minimum absolute atomic E-state index is 0.907. The molecule has 0 saturated carbocycles. The number of fused-ring (bicyclic) bond motifs is 2. The van der Waals surface area contributed by atoms with Crippen molar-refractivity contribution < 1.29 is 9.47 Å². The maximum Gasteiger partial charge on any atom is 0.119 e. The SMILES string of the molecule is COc1ccc2c(c1)CCc1cc(OC)ccc1N2. The molecule has 1 aliphatic rings. The Kier molecular flexibility index (Phi) is 3.03. The topological polar surface area (TPSA) is 30.5 Å². The largest absolute Gasteiger partial charge is 0.497 e. The average molecular weight is 255 g/mol. The van der Waals surface area contributed by atoms with Gasteiger partial charge in [-0.05, 0) is 60.4 Å². The fourth-order valence-corrected chi connectivity index (χ4v) is 2.47. The minimum Gasteiger partial charge on any atom is -0.497 e. The van der Waals surface area contributed by atoms with Crippen molar-refractivity contribution in [3.8, 4) is 11.5 Å². The van der Waals surface area contributed by atoms with Crippen LogP contribution < -0.4 is 14.8 Å². The van der Waals surface area contributed by atoms with Gasteiger partial charge in [-0.1, -0.05) is 0 Å². The molecule has 0 saturated heterocycles. The van der Waals surface area contributed by atoms with Crippen molar-refractivity contribution in [2.75, 3.05) is 19.5 Å². The van der Waals surface area contributed by atoms with Crippen LogP contribution in [-0.4, -0.2) is 14.2 Å². The molecular formula is C16H17NO2. The standard InChI is InChI=1S/C16H17NO2/c1-18-13-5-7-15-11(9-13)3-4-12-10-14(19-2)6-8-16(12)17-15/h5-10,17H,3-4H2,1-2H3. The van der Waals surface area contributed by atoms with Gasteiger partial charge in [0.05, 0.1) is 14.2 Å². The van der Waals surface area contributed by atoms with Gasteiger partial charge in [-0.2, -0.15) is 0 Å². The van der Waals surface area contributed by atoms with Crippen LogP contribution in [-0.2, 0) is 12.8 Å². The van der Waals surface area contributed by atoms with Crippen LogP contribution in [0.25, 0.3) is 0 Å². The van der Waals surface area contributed by atoms with Crippen LogP contribution >= 0.6 is 0 Å². The molecule has 1 N–H and O–H groups in total. The zero-order chi connectivity index (χ0) is 13.2. The third-order valence-electron chi connectivity index (χ3n) is 3.56. The minimum atomic E-state index is 0.907. The Hall–Kier alpha value is -2.16. The molecule has 0 amide bonds. The zero-order valence-electron chi connectivity index (χ0n) is 11.2. The summed E-state index contributed by atoms with van der Waals surface area (Å²) in [6.45, 7) is 0. The van der Waals surface area contributed by atoms with Gasteiger partial charge in [0.2, 0.25) is 0 Å². The van der Waals surface area contributed by atoms with Crippen molar-refractivity contribution in [3.63, 3.8) is 0 Å². The number of benzene rings is 2. The maximum absolute atomic E-state index is 5.29. The Bertz CT molecular complexity index is 554. The summed E-state index contributed by atoms with van der Waals surface area (Å²) < 4.78 is 10.6. The fraction of sp³-hybridized carbons (Fsp3) is 0.250. The summed E-state index contributed by atoms with van der Waals surface area (Å²) in [6.07, 6.45) is 2.00. The average Bonchev–Trinajstić information content (AvgIpc) is 2.64. The van der Waals surface area contributed by atoms with Gasteiger partial charge >= 0.3 is 0 Å². The van der Waals surface area contributed by atoms with E-state index in [-0.39, 0.29) is 0 Å². The molecule has 0 spiro atoms. The first kappa shape index (κ1) is 11.9. The monoisotopic (exact) mass is 255 g/mol. The van der Waals surface area contributed by atoms with Crippen molar-refractivity contribution in [3.05, 3.63) is 47.5 Å². The second-order valence-corrected chi connectivity index (χ2v) is 4.67. The van der Waals surface area contributed by atoms with E-state index < -0.39 is 0 Å². The predicted octanol–water partition coefficient (Wildman–Crippen LogP) is 3.55. The van der Waals surface area contributed by atoms with Crippen LogP contribution in [0.15, 0.2) is 36.4 Å². The molecule has 0 atom stereocenters. The summed E-state index contributed by atoms with van der Waals surface area (Å²) in [4.78, 5) is 0. The lowest BCUT2D eigenvalue weighted by atomic mass is 10.0. The Morgan fingerprint density at radius 3 is 1.68 bits per heavy atom. The van der Waals surface area contributed by atoms with Crippen LogP contribution in [0.2, 0.25) is 0 Å². The van der Waals surface area contributed by atoms with Gasteiger partial charge in [-0.15, -0.1) is 0 Å². The molecule has 0 fully saturated rings. The zero-order valence-corrected chi connectivity index (χ0v) is 11.2. The highest BCUT2D eigenvalue weighted by atomic mass is 16.5. The molecule has 19 heavy (non-hydrogen) atoms. The molecule has 0 unspecified atom stereocenters. The van der Waals surface area contributed by atoms with E-state index in [0.29, 0.717) is 0 Å². The number of methoxy groups -OCH3 is 2. The van der Waals surface area contributed by atoms with Gasteiger partial charge < -0.3 is 14.8 Å². The highest BCUT2D eigenvalue weighted by Gasteiger charge is 2.13. The van der Waals surface area contributed by atoms with E-state index in [1.54, 1.807) is 14.2 Å².